The average Bonchev–Trinajstić information content (AvgIpc) is 2.49. The van der Waals surface area contributed by atoms with Crippen LogP contribution in [0.25, 0.3) is 0 Å². The molecule has 0 aliphatic rings. The zero-order chi connectivity index (χ0) is 15.4. The monoisotopic (exact) mass is 286 g/mol. The van der Waals surface area contributed by atoms with Crippen LogP contribution in [-0.2, 0) is 0 Å². The van der Waals surface area contributed by atoms with Crippen LogP contribution in [0, 0.1) is 12.7 Å². The van der Waals surface area contributed by atoms with E-state index in [2.05, 4.69) is 10.5 Å². The Balaban J connectivity index is 2.26. The van der Waals surface area contributed by atoms with Crippen LogP contribution in [0.5, 0.6) is 0 Å². The summed E-state index contributed by atoms with van der Waals surface area (Å²) in [6, 6.07) is 11.0. The highest BCUT2D eigenvalue weighted by Crippen LogP contribution is 2.15. The maximum absolute atomic E-state index is 13.2. The largest absolute Gasteiger partial charge is 0.411 e. The van der Waals surface area contributed by atoms with Gasteiger partial charge in [0.15, 0.2) is 0 Å². The standard InChI is InChI=1S/C16H15FN2O2/c1-10-6-7-13(17)9-15(10)16(20)18-14-5-3-4-12(8-14)11(2)19-21/h3-9,21H,1-2H3,(H,18,20). The Bertz CT molecular complexity index is 711. The lowest BCUT2D eigenvalue weighted by molar-refractivity contribution is 0.102. The first-order valence-electron chi connectivity index (χ1n) is 6.38. The number of halogens is 1. The first-order valence-corrected chi connectivity index (χ1v) is 6.38. The smallest absolute Gasteiger partial charge is 0.256 e. The number of amides is 1. The maximum Gasteiger partial charge on any atom is 0.256 e. The summed E-state index contributed by atoms with van der Waals surface area (Å²) in [7, 11) is 0. The number of carbonyl (C=O) groups excluding carboxylic acids is 1. The predicted molar refractivity (Wildman–Crippen MR) is 79.5 cm³/mol. The van der Waals surface area contributed by atoms with Crippen LogP contribution in [0.2, 0.25) is 0 Å². The molecule has 0 aliphatic carbocycles. The molecule has 0 saturated carbocycles. The minimum Gasteiger partial charge on any atom is -0.411 e. The SMILES string of the molecule is CC(=NO)c1cccc(NC(=O)c2cc(F)ccc2C)c1. The Hall–Kier alpha value is -2.69. The van der Waals surface area contributed by atoms with Crippen molar-refractivity contribution in [2.75, 3.05) is 5.32 Å². The fraction of sp³-hybridized carbons (Fsp3) is 0.125. The second-order valence-corrected chi connectivity index (χ2v) is 4.68. The van der Waals surface area contributed by atoms with Crippen molar-refractivity contribution in [1.82, 2.24) is 0 Å². The zero-order valence-electron chi connectivity index (χ0n) is 11.7. The molecule has 5 heteroatoms. The van der Waals surface area contributed by atoms with Crippen molar-refractivity contribution in [2.24, 2.45) is 5.16 Å². The highest BCUT2D eigenvalue weighted by molar-refractivity contribution is 6.06. The van der Waals surface area contributed by atoms with Gasteiger partial charge in [-0.2, -0.15) is 0 Å². The van der Waals surface area contributed by atoms with E-state index in [4.69, 9.17) is 5.21 Å². The van der Waals surface area contributed by atoms with Gasteiger partial charge in [-0.1, -0.05) is 23.4 Å². The minimum absolute atomic E-state index is 0.285. The molecule has 0 aromatic heterocycles. The van der Waals surface area contributed by atoms with Crippen molar-refractivity contribution in [3.8, 4) is 0 Å². The van der Waals surface area contributed by atoms with Crippen LogP contribution < -0.4 is 5.32 Å². The first-order chi connectivity index (χ1) is 10.0. The fourth-order valence-electron chi connectivity index (χ4n) is 1.92. The van der Waals surface area contributed by atoms with Gasteiger partial charge in [-0.25, -0.2) is 4.39 Å². The first kappa shape index (κ1) is 14.7. The van der Waals surface area contributed by atoms with E-state index in [0.717, 1.165) is 0 Å². The van der Waals surface area contributed by atoms with E-state index >= 15 is 0 Å². The van der Waals surface area contributed by atoms with Crippen LogP contribution in [0.3, 0.4) is 0 Å². The Kier molecular flexibility index (Phi) is 4.33. The minimum atomic E-state index is -0.456. The molecule has 2 rings (SSSR count). The van der Waals surface area contributed by atoms with Crippen LogP contribution >= 0.6 is 0 Å². The lowest BCUT2D eigenvalue weighted by atomic mass is 10.1. The van der Waals surface area contributed by atoms with Gasteiger partial charge in [-0.15, -0.1) is 0 Å². The van der Waals surface area contributed by atoms with Crippen LogP contribution in [0.15, 0.2) is 47.6 Å². The summed E-state index contributed by atoms with van der Waals surface area (Å²) in [6.07, 6.45) is 0. The normalized spacial score (nSPS) is 11.3. The number of rotatable bonds is 3. The van der Waals surface area contributed by atoms with E-state index in [1.54, 1.807) is 44.2 Å². The second-order valence-electron chi connectivity index (χ2n) is 4.68. The van der Waals surface area contributed by atoms with Gasteiger partial charge in [0.05, 0.1) is 5.71 Å². The molecule has 0 heterocycles. The Labute approximate surface area is 121 Å². The van der Waals surface area contributed by atoms with Crippen molar-refractivity contribution >= 4 is 17.3 Å². The van der Waals surface area contributed by atoms with Gasteiger partial charge >= 0.3 is 0 Å². The maximum atomic E-state index is 13.2. The summed E-state index contributed by atoms with van der Waals surface area (Å²) < 4.78 is 13.2. The van der Waals surface area contributed by atoms with Gasteiger partial charge in [0.1, 0.15) is 5.82 Å². The van der Waals surface area contributed by atoms with E-state index in [1.165, 1.54) is 12.1 Å². The van der Waals surface area contributed by atoms with Gasteiger partial charge < -0.3 is 10.5 Å². The molecule has 2 aromatic rings. The van der Waals surface area contributed by atoms with Gasteiger partial charge in [0.2, 0.25) is 0 Å². The third kappa shape index (κ3) is 3.45. The van der Waals surface area contributed by atoms with Gasteiger partial charge in [0, 0.05) is 16.8 Å². The average molecular weight is 286 g/mol. The number of benzene rings is 2. The van der Waals surface area contributed by atoms with Crippen molar-refractivity contribution in [2.45, 2.75) is 13.8 Å². The van der Waals surface area contributed by atoms with Crippen LogP contribution in [0.4, 0.5) is 10.1 Å². The molecule has 21 heavy (non-hydrogen) atoms. The second kappa shape index (κ2) is 6.17. The molecular weight excluding hydrogens is 271 g/mol. The fourth-order valence-corrected chi connectivity index (χ4v) is 1.92. The molecule has 2 N–H and O–H groups in total. The molecule has 2 aromatic carbocycles. The lowest BCUT2D eigenvalue weighted by Gasteiger charge is -2.09. The van der Waals surface area contributed by atoms with E-state index in [0.29, 0.717) is 22.5 Å². The molecule has 0 fully saturated rings. The number of hydrogen-bond donors (Lipinski definition) is 2. The highest BCUT2D eigenvalue weighted by Gasteiger charge is 2.11. The van der Waals surface area contributed by atoms with Crippen molar-refractivity contribution in [3.63, 3.8) is 0 Å². The molecule has 0 spiro atoms. The van der Waals surface area contributed by atoms with Gasteiger partial charge in [-0.3, -0.25) is 4.79 Å². The van der Waals surface area contributed by atoms with E-state index in [9.17, 15) is 9.18 Å². The van der Waals surface area contributed by atoms with E-state index in [1.807, 2.05) is 0 Å². The Morgan fingerprint density at radius 1 is 1.24 bits per heavy atom. The van der Waals surface area contributed by atoms with Crippen LogP contribution in [0.1, 0.15) is 28.4 Å². The molecule has 0 atom stereocenters. The lowest BCUT2D eigenvalue weighted by Crippen LogP contribution is -2.14. The van der Waals surface area contributed by atoms with E-state index < -0.39 is 5.82 Å². The summed E-state index contributed by atoms with van der Waals surface area (Å²) in [4.78, 5) is 12.2. The molecule has 0 saturated heterocycles. The highest BCUT2D eigenvalue weighted by atomic mass is 19.1. The van der Waals surface area contributed by atoms with Crippen molar-refractivity contribution in [1.29, 1.82) is 0 Å². The summed E-state index contributed by atoms with van der Waals surface area (Å²) in [5.74, 6) is -0.842. The molecule has 0 unspecified atom stereocenters. The number of nitrogens with one attached hydrogen (secondary N) is 1. The van der Waals surface area contributed by atoms with Gasteiger partial charge in [0.25, 0.3) is 5.91 Å². The predicted octanol–water partition coefficient (Wildman–Crippen LogP) is 3.58. The molecule has 1 amide bonds. The van der Waals surface area contributed by atoms with E-state index in [-0.39, 0.29) is 11.5 Å². The third-order valence-electron chi connectivity index (χ3n) is 3.13. The molecule has 0 aliphatic heterocycles. The molecule has 0 radical (unpaired) electrons. The summed E-state index contributed by atoms with van der Waals surface area (Å²) in [5, 5.41) is 14.6. The number of anilines is 1. The Morgan fingerprint density at radius 3 is 2.71 bits per heavy atom. The number of aryl methyl sites for hydroxylation is 1. The number of carbonyl (C=O) groups is 1. The molecule has 108 valence electrons. The van der Waals surface area contributed by atoms with Crippen molar-refractivity contribution in [3.05, 3.63) is 65.0 Å². The third-order valence-corrected chi connectivity index (χ3v) is 3.13. The quantitative estimate of drug-likeness (QED) is 0.514. The summed E-state index contributed by atoms with van der Waals surface area (Å²) >= 11 is 0. The zero-order valence-corrected chi connectivity index (χ0v) is 11.7. The molecule has 4 nitrogen and oxygen atoms in total. The number of oxime groups is 1. The molecule has 0 bridgehead atoms. The number of hydrogen-bond acceptors (Lipinski definition) is 3. The summed E-state index contributed by atoms with van der Waals surface area (Å²) in [5.41, 5.74) is 2.65. The van der Waals surface area contributed by atoms with Crippen molar-refractivity contribution < 1.29 is 14.4 Å². The summed E-state index contributed by atoms with van der Waals surface area (Å²) in [6.45, 7) is 3.39. The van der Waals surface area contributed by atoms with Gasteiger partial charge in [-0.05, 0) is 43.7 Å². The number of nitrogens with zero attached hydrogens (tertiary/aromatic N) is 1. The Morgan fingerprint density at radius 2 is 2.00 bits per heavy atom. The topological polar surface area (TPSA) is 61.7 Å². The molecular formula is C16H15FN2O2. The van der Waals surface area contributed by atoms with Crippen LogP contribution in [-0.4, -0.2) is 16.8 Å².